The summed E-state index contributed by atoms with van der Waals surface area (Å²) >= 11 is 1.12. The SMILES string of the molecule is CCOC(CNC(=O)c1sccc1Oc1ccc([N+](=O)[O-])cc1F)OCC. The van der Waals surface area contributed by atoms with E-state index in [-0.39, 0.29) is 28.6 Å². The number of carbonyl (C=O) groups is 1. The molecule has 0 saturated heterocycles. The molecule has 0 spiro atoms. The van der Waals surface area contributed by atoms with Gasteiger partial charge < -0.3 is 19.5 Å². The van der Waals surface area contributed by atoms with Crippen LogP contribution in [0.3, 0.4) is 0 Å². The summed E-state index contributed by atoms with van der Waals surface area (Å²) in [5.41, 5.74) is -0.388. The monoisotopic (exact) mass is 398 g/mol. The van der Waals surface area contributed by atoms with E-state index in [1.807, 2.05) is 13.8 Å². The van der Waals surface area contributed by atoms with Crippen LogP contribution in [0.5, 0.6) is 11.5 Å². The maximum atomic E-state index is 14.0. The molecule has 0 aliphatic heterocycles. The van der Waals surface area contributed by atoms with Gasteiger partial charge in [0.05, 0.1) is 17.5 Å². The molecule has 2 aromatic rings. The fourth-order valence-corrected chi connectivity index (χ4v) is 2.87. The van der Waals surface area contributed by atoms with E-state index in [4.69, 9.17) is 14.2 Å². The van der Waals surface area contributed by atoms with Gasteiger partial charge in [-0.1, -0.05) is 0 Å². The second-order valence-corrected chi connectivity index (χ2v) is 6.05. The number of thiophene rings is 1. The van der Waals surface area contributed by atoms with Gasteiger partial charge in [-0.05, 0) is 31.4 Å². The van der Waals surface area contributed by atoms with E-state index in [1.54, 1.807) is 5.38 Å². The fourth-order valence-electron chi connectivity index (χ4n) is 2.14. The summed E-state index contributed by atoms with van der Waals surface area (Å²) < 4.78 is 30.1. The molecule has 2 rings (SSSR count). The van der Waals surface area contributed by atoms with Crippen LogP contribution in [0, 0.1) is 15.9 Å². The lowest BCUT2D eigenvalue weighted by Gasteiger charge is -2.17. The second kappa shape index (κ2) is 9.95. The number of carbonyl (C=O) groups excluding carboxylic acids is 1. The number of rotatable bonds is 10. The smallest absolute Gasteiger partial charge is 0.272 e. The number of benzene rings is 1. The molecule has 146 valence electrons. The van der Waals surface area contributed by atoms with Crippen LogP contribution in [-0.2, 0) is 9.47 Å². The number of ether oxygens (including phenoxy) is 3. The molecule has 1 aromatic carbocycles. The van der Waals surface area contributed by atoms with Crippen LogP contribution >= 0.6 is 11.3 Å². The first kappa shape index (κ1) is 20.7. The van der Waals surface area contributed by atoms with Gasteiger partial charge in [-0.25, -0.2) is 4.39 Å². The van der Waals surface area contributed by atoms with E-state index >= 15 is 0 Å². The molecule has 1 heterocycles. The zero-order valence-electron chi connectivity index (χ0n) is 14.8. The van der Waals surface area contributed by atoms with Crippen LogP contribution in [0.2, 0.25) is 0 Å². The predicted octanol–water partition coefficient (Wildman–Crippen LogP) is 3.72. The Bertz CT molecular complexity index is 791. The summed E-state index contributed by atoms with van der Waals surface area (Å²) in [6, 6.07) is 4.55. The van der Waals surface area contributed by atoms with Gasteiger partial charge in [-0.2, -0.15) is 0 Å². The maximum absolute atomic E-state index is 14.0. The quantitative estimate of drug-likeness (QED) is 0.372. The minimum atomic E-state index is -0.894. The summed E-state index contributed by atoms with van der Waals surface area (Å²) in [4.78, 5) is 22.6. The molecule has 0 unspecified atom stereocenters. The molecule has 0 aliphatic rings. The number of non-ortho nitro benzene ring substituents is 1. The summed E-state index contributed by atoms with van der Waals surface area (Å²) in [6.45, 7) is 4.65. The van der Waals surface area contributed by atoms with E-state index in [1.165, 1.54) is 6.07 Å². The Balaban J connectivity index is 2.06. The molecule has 0 radical (unpaired) electrons. The standard InChI is InChI=1S/C17H19FN2O6S/c1-3-24-15(25-4-2)10-19-17(21)16-14(7-8-27-16)26-13-6-5-11(20(22)23)9-12(13)18/h5-9,15H,3-4,10H2,1-2H3,(H,19,21). The summed E-state index contributed by atoms with van der Waals surface area (Å²) in [5.74, 6) is -1.38. The Morgan fingerprint density at radius 3 is 2.56 bits per heavy atom. The normalized spacial score (nSPS) is 10.8. The largest absolute Gasteiger partial charge is 0.453 e. The van der Waals surface area contributed by atoms with Gasteiger partial charge in [0.15, 0.2) is 23.6 Å². The highest BCUT2D eigenvalue weighted by Gasteiger charge is 2.19. The minimum Gasteiger partial charge on any atom is -0.453 e. The maximum Gasteiger partial charge on any atom is 0.272 e. The Morgan fingerprint density at radius 1 is 1.26 bits per heavy atom. The average Bonchev–Trinajstić information content (AvgIpc) is 3.09. The highest BCUT2D eigenvalue weighted by atomic mass is 32.1. The molecule has 0 fully saturated rings. The van der Waals surface area contributed by atoms with Crippen LogP contribution in [0.25, 0.3) is 0 Å². The Hall–Kier alpha value is -2.56. The van der Waals surface area contributed by atoms with Crippen LogP contribution in [-0.4, -0.2) is 36.9 Å². The lowest BCUT2D eigenvalue weighted by molar-refractivity contribution is -0.385. The highest BCUT2D eigenvalue weighted by molar-refractivity contribution is 7.12. The van der Waals surface area contributed by atoms with Crippen molar-refractivity contribution >= 4 is 22.9 Å². The molecular weight excluding hydrogens is 379 g/mol. The molecule has 10 heteroatoms. The summed E-state index contributed by atoms with van der Waals surface area (Å²) in [6.07, 6.45) is -0.569. The van der Waals surface area contributed by atoms with Crippen LogP contribution in [0.4, 0.5) is 10.1 Å². The second-order valence-electron chi connectivity index (χ2n) is 5.14. The molecule has 1 aromatic heterocycles. The number of halogens is 1. The van der Waals surface area contributed by atoms with Gasteiger partial charge in [0.2, 0.25) is 0 Å². The molecule has 8 nitrogen and oxygen atoms in total. The van der Waals surface area contributed by atoms with Gasteiger partial charge in [0, 0.05) is 19.3 Å². The van der Waals surface area contributed by atoms with Crippen LogP contribution in [0.1, 0.15) is 23.5 Å². The fraction of sp³-hybridized carbons (Fsp3) is 0.353. The molecule has 0 bridgehead atoms. The van der Waals surface area contributed by atoms with Crippen molar-refractivity contribution in [1.82, 2.24) is 5.32 Å². The Labute approximate surface area is 159 Å². The van der Waals surface area contributed by atoms with Crippen molar-refractivity contribution in [1.29, 1.82) is 0 Å². The lowest BCUT2D eigenvalue weighted by Crippen LogP contribution is -2.35. The zero-order chi connectivity index (χ0) is 19.8. The summed E-state index contributed by atoms with van der Waals surface area (Å²) in [5, 5.41) is 15.0. The first-order valence-electron chi connectivity index (χ1n) is 8.16. The summed E-state index contributed by atoms with van der Waals surface area (Å²) in [7, 11) is 0. The first-order valence-corrected chi connectivity index (χ1v) is 9.04. The van der Waals surface area contributed by atoms with Crippen molar-refractivity contribution in [2.45, 2.75) is 20.1 Å². The van der Waals surface area contributed by atoms with E-state index in [9.17, 15) is 19.3 Å². The zero-order valence-corrected chi connectivity index (χ0v) is 15.6. The number of hydrogen-bond donors (Lipinski definition) is 1. The lowest BCUT2D eigenvalue weighted by atomic mass is 10.3. The van der Waals surface area contributed by atoms with E-state index < -0.39 is 22.9 Å². The number of nitro groups is 1. The third-order valence-corrected chi connectivity index (χ3v) is 4.21. The Morgan fingerprint density at radius 2 is 1.96 bits per heavy atom. The van der Waals surface area contributed by atoms with Gasteiger partial charge in [-0.3, -0.25) is 14.9 Å². The third kappa shape index (κ3) is 5.71. The molecule has 0 atom stereocenters. The molecule has 27 heavy (non-hydrogen) atoms. The first-order chi connectivity index (χ1) is 13.0. The molecule has 0 saturated carbocycles. The highest BCUT2D eigenvalue weighted by Crippen LogP contribution is 2.32. The van der Waals surface area contributed by atoms with Crippen molar-refractivity contribution in [2.75, 3.05) is 19.8 Å². The van der Waals surface area contributed by atoms with Crippen molar-refractivity contribution in [3.63, 3.8) is 0 Å². The van der Waals surface area contributed by atoms with Crippen molar-refractivity contribution in [2.24, 2.45) is 0 Å². The minimum absolute atomic E-state index is 0.143. The van der Waals surface area contributed by atoms with E-state index in [0.29, 0.717) is 13.2 Å². The number of nitro benzene ring substituents is 1. The van der Waals surface area contributed by atoms with Gasteiger partial charge in [0.25, 0.3) is 11.6 Å². The van der Waals surface area contributed by atoms with Crippen LogP contribution in [0.15, 0.2) is 29.6 Å². The van der Waals surface area contributed by atoms with Gasteiger partial charge >= 0.3 is 0 Å². The number of nitrogens with one attached hydrogen (secondary N) is 1. The van der Waals surface area contributed by atoms with Crippen molar-refractivity contribution in [3.8, 4) is 11.5 Å². The van der Waals surface area contributed by atoms with Crippen molar-refractivity contribution < 1.29 is 28.3 Å². The van der Waals surface area contributed by atoms with E-state index in [0.717, 1.165) is 29.5 Å². The van der Waals surface area contributed by atoms with Gasteiger partial charge in [0.1, 0.15) is 4.88 Å². The number of amides is 1. The number of hydrogen-bond acceptors (Lipinski definition) is 7. The molecule has 1 N–H and O–H groups in total. The Kier molecular flexibility index (Phi) is 7.65. The topological polar surface area (TPSA) is 99.9 Å². The molecule has 1 amide bonds. The molecule has 0 aliphatic carbocycles. The number of nitrogens with zero attached hydrogens (tertiary/aromatic N) is 1. The van der Waals surface area contributed by atoms with Gasteiger partial charge in [-0.15, -0.1) is 11.3 Å². The third-order valence-electron chi connectivity index (χ3n) is 3.32. The van der Waals surface area contributed by atoms with Crippen molar-refractivity contribution in [3.05, 3.63) is 50.5 Å². The van der Waals surface area contributed by atoms with Crippen LogP contribution < -0.4 is 10.1 Å². The predicted molar refractivity (Wildman–Crippen MR) is 96.8 cm³/mol. The molecular formula is C17H19FN2O6S. The van der Waals surface area contributed by atoms with E-state index in [2.05, 4.69) is 5.32 Å². The average molecular weight is 398 g/mol.